The van der Waals surface area contributed by atoms with Gasteiger partial charge in [0.25, 0.3) is 0 Å². The molecule has 19 heavy (non-hydrogen) atoms. The maximum Gasteiger partial charge on any atom is 0.172 e. The van der Waals surface area contributed by atoms with Crippen LogP contribution >= 0.6 is 11.3 Å². The molecule has 0 saturated carbocycles. The van der Waals surface area contributed by atoms with Gasteiger partial charge in [0.15, 0.2) is 15.6 Å². The van der Waals surface area contributed by atoms with Gasteiger partial charge in [0.2, 0.25) is 0 Å². The monoisotopic (exact) mass is 324 g/mol. The van der Waals surface area contributed by atoms with Gasteiger partial charge in [-0.3, -0.25) is 4.79 Å². The standard InChI is InChI=1S/C11H16O5S3/c1-18(13,14)8-9-19(15,16)7-3-4-10(12)11-5-2-6-17-11/h2,5-6H,3-4,7-9H2,1H3. The predicted octanol–water partition coefficient (Wildman–Crippen LogP) is 1.17. The summed E-state index contributed by atoms with van der Waals surface area (Å²) >= 11 is 1.32. The summed E-state index contributed by atoms with van der Waals surface area (Å²) in [6.07, 6.45) is 1.39. The highest BCUT2D eigenvalue weighted by atomic mass is 32.2. The van der Waals surface area contributed by atoms with Crippen LogP contribution in [0.2, 0.25) is 0 Å². The van der Waals surface area contributed by atoms with E-state index in [2.05, 4.69) is 0 Å². The fourth-order valence-electron chi connectivity index (χ4n) is 1.39. The Morgan fingerprint density at radius 3 is 2.37 bits per heavy atom. The maximum absolute atomic E-state index is 11.6. The number of Topliss-reactive ketones (excluding diaryl/α,β-unsaturated/α-hetero) is 1. The fourth-order valence-corrected chi connectivity index (χ4v) is 5.10. The first kappa shape index (κ1) is 16.3. The lowest BCUT2D eigenvalue weighted by atomic mass is 10.2. The average molecular weight is 324 g/mol. The minimum atomic E-state index is -3.41. The third kappa shape index (κ3) is 6.84. The molecule has 0 unspecified atom stereocenters. The van der Waals surface area contributed by atoms with Crippen LogP contribution in [-0.4, -0.2) is 46.1 Å². The second kappa shape index (κ2) is 6.62. The van der Waals surface area contributed by atoms with E-state index < -0.39 is 19.7 Å². The van der Waals surface area contributed by atoms with Gasteiger partial charge in [-0.15, -0.1) is 11.3 Å². The van der Waals surface area contributed by atoms with Crippen LogP contribution in [0.5, 0.6) is 0 Å². The van der Waals surface area contributed by atoms with Gasteiger partial charge in [-0.05, 0) is 17.9 Å². The number of hydrogen-bond donors (Lipinski definition) is 0. The van der Waals surface area contributed by atoms with E-state index in [0.29, 0.717) is 4.88 Å². The van der Waals surface area contributed by atoms with Crippen LogP contribution in [-0.2, 0) is 19.7 Å². The number of ketones is 1. The largest absolute Gasteiger partial charge is 0.293 e. The zero-order valence-electron chi connectivity index (χ0n) is 10.5. The third-order valence-electron chi connectivity index (χ3n) is 2.42. The molecule has 1 heterocycles. The summed E-state index contributed by atoms with van der Waals surface area (Å²) in [4.78, 5) is 12.2. The van der Waals surface area contributed by atoms with Crippen molar-refractivity contribution in [2.24, 2.45) is 0 Å². The van der Waals surface area contributed by atoms with Gasteiger partial charge in [-0.25, -0.2) is 16.8 Å². The molecule has 0 radical (unpaired) electrons. The Labute approximate surface area is 117 Å². The Kier molecular flexibility index (Phi) is 5.69. The lowest BCUT2D eigenvalue weighted by molar-refractivity contribution is 0.0986. The van der Waals surface area contributed by atoms with Crippen molar-refractivity contribution in [2.75, 3.05) is 23.5 Å². The molecule has 1 aromatic heterocycles. The first-order valence-corrected chi connectivity index (χ1v) is 10.4. The number of rotatable bonds is 8. The lowest BCUT2D eigenvalue weighted by Gasteiger charge is -2.03. The van der Waals surface area contributed by atoms with E-state index in [4.69, 9.17) is 0 Å². The molecule has 0 fully saturated rings. The van der Waals surface area contributed by atoms with Crippen LogP contribution in [0.1, 0.15) is 22.5 Å². The number of carbonyl (C=O) groups is 1. The highest BCUT2D eigenvalue weighted by Gasteiger charge is 2.15. The molecular weight excluding hydrogens is 308 g/mol. The van der Waals surface area contributed by atoms with Crippen LogP contribution < -0.4 is 0 Å². The molecule has 0 aromatic carbocycles. The van der Waals surface area contributed by atoms with E-state index in [0.717, 1.165) is 6.26 Å². The van der Waals surface area contributed by atoms with Gasteiger partial charge in [-0.1, -0.05) is 6.07 Å². The van der Waals surface area contributed by atoms with Crippen molar-refractivity contribution in [1.82, 2.24) is 0 Å². The van der Waals surface area contributed by atoms with Crippen molar-refractivity contribution in [3.05, 3.63) is 22.4 Å². The van der Waals surface area contributed by atoms with E-state index in [-0.39, 0.29) is 35.9 Å². The zero-order chi connectivity index (χ0) is 14.5. The van der Waals surface area contributed by atoms with E-state index in [9.17, 15) is 21.6 Å². The minimum Gasteiger partial charge on any atom is -0.293 e. The first-order valence-electron chi connectivity index (χ1n) is 5.64. The predicted molar refractivity (Wildman–Crippen MR) is 76.2 cm³/mol. The summed E-state index contributed by atoms with van der Waals surface area (Å²) in [6.45, 7) is 0. The second-order valence-electron chi connectivity index (χ2n) is 4.29. The number of carbonyl (C=O) groups excluding carboxylic acids is 1. The SMILES string of the molecule is CS(=O)(=O)CCS(=O)(=O)CCCC(=O)c1cccs1. The van der Waals surface area contributed by atoms with E-state index in [1.165, 1.54) is 11.3 Å². The van der Waals surface area contributed by atoms with Crippen molar-refractivity contribution in [2.45, 2.75) is 12.8 Å². The van der Waals surface area contributed by atoms with Crippen LogP contribution in [0.15, 0.2) is 17.5 Å². The van der Waals surface area contributed by atoms with Crippen molar-refractivity contribution in [3.63, 3.8) is 0 Å². The van der Waals surface area contributed by atoms with Gasteiger partial charge in [0, 0.05) is 12.7 Å². The highest BCUT2D eigenvalue weighted by Crippen LogP contribution is 2.12. The smallest absolute Gasteiger partial charge is 0.172 e. The first-order chi connectivity index (χ1) is 8.70. The molecular formula is C11H16O5S3. The van der Waals surface area contributed by atoms with Gasteiger partial charge >= 0.3 is 0 Å². The molecule has 0 aliphatic carbocycles. The molecule has 5 nitrogen and oxygen atoms in total. The average Bonchev–Trinajstić information content (AvgIpc) is 2.79. The summed E-state index contributed by atoms with van der Waals surface area (Å²) in [5.41, 5.74) is 0. The molecule has 1 aromatic rings. The maximum atomic E-state index is 11.6. The molecule has 0 saturated heterocycles. The van der Waals surface area contributed by atoms with Crippen molar-refractivity contribution in [3.8, 4) is 0 Å². The highest BCUT2D eigenvalue weighted by molar-refractivity contribution is 7.94. The Hall–Kier alpha value is -0.730. The Bertz CT molecular complexity index is 611. The van der Waals surface area contributed by atoms with Crippen LogP contribution in [0.3, 0.4) is 0 Å². The normalized spacial score (nSPS) is 12.5. The van der Waals surface area contributed by atoms with E-state index in [1.54, 1.807) is 17.5 Å². The van der Waals surface area contributed by atoms with Gasteiger partial charge in [0.05, 0.1) is 22.1 Å². The van der Waals surface area contributed by atoms with Gasteiger partial charge in [0.1, 0.15) is 9.84 Å². The molecule has 0 amide bonds. The molecule has 0 bridgehead atoms. The van der Waals surface area contributed by atoms with Crippen molar-refractivity contribution < 1.29 is 21.6 Å². The molecule has 0 aliphatic heterocycles. The summed E-state index contributed by atoms with van der Waals surface area (Å²) in [7, 11) is -6.69. The summed E-state index contributed by atoms with van der Waals surface area (Å²) in [6, 6.07) is 3.46. The summed E-state index contributed by atoms with van der Waals surface area (Å²) in [5, 5.41) is 1.79. The van der Waals surface area contributed by atoms with E-state index >= 15 is 0 Å². The van der Waals surface area contributed by atoms with Crippen LogP contribution in [0.25, 0.3) is 0 Å². The zero-order valence-corrected chi connectivity index (χ0v) is 13.0. The second-order valence-corrected chi connectivity index (χ2v) is 9.80. The minimum absolute atomic E-state index is 0.0756. The third-order valence-corrected chi connectivity index (χ3v) is 6.27. The van der Waals surface area contributed by atoms with E-state index in [1.807, 2.05) is 0 Å². The molecule has 8 heteroatoms. The van der Waals surface area contributed by atoms with Gasteiger partial charge in [-0.2, -0.15) is 0 Å². The summed E-state index contributed by atoms with van der Waals surface area (Å²) < 4.78 is 44.9. The van der Waals surface area contributed by atoms with Gasteiger partial charge < -0.3 is 0 Å². The topological polar surface area (TPSA) is 85.3 Å². The molecule has 1 rings (SSSR count). The quantitative estimate of drug-likeness (QED) is 0.670. The Morgan fingerprint density at radius 2 is 1.84 bits per heavy atom. The number of thiophene rings is 1. The van der Waals surface area contributed by atoms with Crippen molar-refractivity contribution >= 4 is 36.8 Å². The lowest BCUT2D eigenvalue weighted by Crippen LogP contribution is -2.19. The van der Waals surface area contributed by atoms with Crippen molar-refractivity contribution in [1.29, 1.82) is 0 Å². The Morgan fingerprint density at radius 1 is 1.16 bits per heavy atom. The number of hydrogen-bond acceptors (Lipinski definition) is 6. The molecule has 0 N–H and O–H groups in total. The molecule has 0 spiro atoms. The molecule has 0 atom stereocenters. The Balaban J connectivity index is 2.38. The molecule has 0 aliphatic rings. The fraction of sp³-hybridized carbons (Fsp3) is 0.545. The molecule has 108 valence electrons. The number of sulfone groups is 2. The summed E-state index contributed by atoms with van der Waals surface area (Å²) in [5.74, 6) is -0.972. The van der Waals surface area contributed by atoms with Crippen LogP contribution in [0.4, 0.5) is 0 Å². The van der Waals surface area contributed by atoms with Crippen LogP contribution in [0, 0.1) is 0 Å².